The molecule has 0 fully saturated rings. The largest absolute Gasteiger partial charge is 0.396 e. The highest BCUT2D eigenvalue weighted by molar-refractivity contribution is 8.33. The third-order valence-corrected chi connectivity index (χ3v) is 7.85. The number of H-pyrrole nitrogens is 1. The molecule has 4 heteroatoms. The zero-order chi connectivity index (χ0) is 17.0. The smallest absolute Gasteiger partial charge is 0.123 e. The lowest BCUT2D eigenvalue weighted by Crippen LogP contribution is -2.21. The third-order valence-electron chi connectivity index (χ3n) is 4.17. The number of aliphatic hydroxyl groups excluding tert-OH is 1. The van der Waals surface area contributed by atoms with Crippen molar-refractivity contribution in [1.82, 2.24) is 4.98 Å². The first-order chi connectivity index (χ1) is 10.1. The number of hydrogen-bond donors (Lipinski definition) is 2. The lowest BCUT2D eigenvalue weighted by atomic mass is 10.1. The zero-order valence-electron chi connectivity index (χ0n) is 14.7. The fourth-order valence-electron chi connectivity index (χ4n) is 1.63. The Morgan fingerprint density at radius 3 is 2.27 bits per heavy atom. The summed E-state index contributed by atoms with van der Waals surface area (Å²) in [7, 11) is -0.340. The Morgan fingerprint density at radius 1 is 1.18 bits per heavy atom. The molecule has 1 heterocycles. The minimum absolute atomic E-state index is 0.169. The Balaban J connectivity index is 0.000000261. The highest BCUT2D eigenvalue weighted by atomic mass is 32.3. The van der Waals surface area contributed by atoms with Gasteiger partial charge in [-0.25, -0.2) is 14.4 Å². The number of halogens is 1. The van der Waals surface area contributed by atoms with Crippen molar-refractivity contribution in [1.29, 1.82) is 0 Å². The van der Waals surface area contributed by atoms with E-state index >= 15 is 0 Å². The van der Waals surface area contributed by atoms with Crippen LogP contribution in [0.2, 0.25) is 0 Å². The Labute approximate surface area is 135 Å². The van der Waals surface area contributed by atoms with Gasteiger partial charge >= 0.3 is 0 Å². The number of aromatic amines is 1. The second-order valence-electron chi connectivity index (χ2n) is 7.28. The summed E-state index contributed by atoms with van der Waals surface area (Å²) in [6.45, 7) is 7.09. The van der Waals surface area contributed by atoms with Gasteiger partial charge in [0.25, 0.3) is 0 Å². The van der Waals surface area contributed by atoms with Crippen molar-refractivity contribution < 1.29 is 9.50 Å². The summed E-state index contributed by atoms with van der Waals surface area (Å²) in [5, 5.41) is 9.62. The Kier molecular flexibility index (Phi) is 6.50. The first-order valence-electron chi connectivity index (χ1n) is 7.60. The van der Waals surface area contributed by atoms with E-state index in [1.807, 2.05) is 6.20 Å². The van der Waals surface area contributed by atoms with Crippen molar-refractivity contribution in [2.45, 2.75) is 38.4 Å². The number of hydrogen-bond acceptors (Lipinski definition) is 1. The molecule has 1 aromatic carbocycles. The monoisotopic (exact) mass is 327 g/mol. The maximum Gasteiger partial charge on any atom is 0.123 e. The van der Waals surface area contributed by atoms with Crippen LogP contribution in [-0.4, -0.2) is 40.2 Å². The van der Waals surface area contributed by atoms with Gasteiger partial charge in [-0.3, -0.25) is 0 Å². The lowest BCUT2D eigenvalue weighted by Gasteiger charge is -2.40. The van der Waals surface area contributed by atoms with Crippen LogP contribution in [0.4, 0.5) is 4.39 Å². The SMILES string of the molecule is CC(C)(C)S(C)(C)C.OCCCc1c[nH]c2ccc(F)cc12. The molecule has 0 aliphatic heterocycles. The average Bonchev–Trinajstić information content (AvgIpc) is 2.77. The molecule has 2 rings (SSSR count). The number of benzene rings is 1. The van der Waals surface area contributed by atoms with Crippen LogP contribution in [0.15, 0.2) is 24.4 Å². The number of aryl methyl sites for hydroxylation is 1. The van der Waals surface area contributed by atoms with Gasteiger partial charge in [0.2, 0.25) is 0 Å². The molecule has 0 saturated carbocycles. The number of nitrogens with one attached hydrogen (secondary N) is 1. The zero-order valence-corrected chi connectivity index (χ0v) is 15.5. The molecule has 0 spiro atoms. The van der Waals surface area contributed by atoms with Gasteiger partial charge in [-0.1, -0.05) is 20.8 Å². The molecule has 0 saturated heterocycles. The van der Waals surface area contributed by atoms with Crippen LogP contribution in [0.3, 0.4) is 0 Å². The van der Waals surface area contributed by atoms with E-state index in [9.17, 15) is 4.39 Å². The summed E-state index contributed by atoms with van der Waals surface area (Å²) >= 11 is 0. The van der Waals surface area contributed by atoms with Crippen molar-refractivity contribution >= 4 is 20.9 Å². The van der Waals surface area contributed by atoms with Crippen LogP contribution in [0.25, 0.3) is 10.9 Å². The van der Waals surface area contributed by atoms with Crippen LogP contribution >= 0.6 is 10.0 Å². The highest BCUT2D eigenvalue weighted by Crippen LogP contribution is 2.48. The fraction of sp³-hybridized carbons (Fsp3) is 0.556. The van der Waals surface area contributed by atoms with Gasteiger partial charge in [-0.15, -0.1) is 0 Å². The quantitative estimate of drug-likeness (QED) is 0.841. The highest BCUT2D eigenvalue weighted by Gasteiger charge is 2.21. The number of rotatable bonds is 3. The molecule has 2 nitrogen and oxygen atoms in total. The maximum atomic E-state index is 13.0. The normalized spacial score (nSPS) is 12.9. The molecule has 0 aliphatic carbocycles. The number of aromatic nitrogens is 1. The van der Waals surface area contributed by atoms with E-state index in [0.29, 0.717) is 11.2 Å². The van der Waals surface area contributed by atoms with E-state index in [4.69, 9.17) is 5.11 Å². The molecule has 0 bridgehead atoms. The van der Waals surface area contributed by atoms with Crippen LogP contribution < -0.4 is 0 Å². The topological polar surface area (TPSA) is 36.0 Å². The van der Waals surface area contributed by atoms with E-state index in [1.165, 1.54) is 12.1 Å². The number of aliphatic hydroxyl groups is 1. The molecule has 126 valence electrons. The molecular weight excluding hydrogens is 297 g/mol. The first kappa shape index (κ1) is 19.0. The van der Waals surface area contributed by atoms with Crippen molar-refractivity contribution in [3.05, 3.63) is 35.8 Å². The number of fused-ring (bicyclic) bond motifs is 1. The molecule has 0 aliphatic rings. The molecule has 2 aromatic rings. The summed E-state index contributed by atoms with van der Waals surface area (Å²) in [6.07, 6.45) is 10.4. The van der Waals surface area contributed by atoms with Gasteiger partial charge in [-0.05, 0) is 60.1 Å². The van der Waals surface area contributed by atoms with Crippen LogP contribution in [0.1, 0.15) is 32.8 Å². The molecule has 22 heavy (non-hydrogen) atoms. The molecule has 0 amide bonds. The third kappa shape index (κ3) is 5.33. The lowest BCUT2D eigenvalue weighted by molar-refractivity contribution is 0.289. The molecular formula is C18H30FNOS. The van der Waals surface area contributed by atoms with Crippen LogP contribution in [0, 0.1) is 5.82 Å². The van der Waals surface area contributed by atoms with E-state index in [-0.39, 0.29) is 22.5 Å². The van der Waals surface area contributed by atoms with Gasteiger partial charge in [0, 0.05) is 23.7 Å². The van der Waals surface area contributed by atoms with Crippen molar-refractivity contribution in [2.24, 2.45) is 0 Å². The van der Waals surface area contributed by atoms with Gasteiger partial charge in [0.05, 0.1) is 0 Å². The molecule has 0 atom stereocenters. The van der Waals surface area contributed by atoms with Crippen molar-refractivity contribution in [3.8, 4) is 0 Å². The van der Waals surface area contributed by atoms with Gasteiger partial charge < -0.3 is 10.1 Å². The van der Waals surface area contributed by atoms with E-state index in [0.717, 1.165) is 22.9 Å². The minimum atomic E-state index is -0.340. The Hall–Kier alpha value is -1.00. The average molecular weight is 328 g/mol. The summed E-state index contributed by atoms with van der Waals surface area (Å²) in [4.78, 5) is 3.08. The Morgan fingerprint density at radius 2 is 1.77 bits per heavy atom. The van der Waals surface area contributed by atoms with Crippen molar-refractivity contribution in [3.63, 3.8) is 0 Å². The molecule has 2 N–H and O–H groups in total. The van der Waals surface area contributed by atoms with E-state index in [2.05, 4.69) is 44.5 Å². The second kappa shape index (κ2) is 7.51. The fourth-order valence-corrected chi connectivity index (χ4v) is 1.63. The van der Waals surface area contributed by atoms with Gasteiger partial charge in [-0.2, -0.15) is 0 Å². The summed E-state index contributed by atoms with van der Waals surface area (Å²) in [6, 6.07) is 4.69. The molecule has 1 aromatic heterocycles. The summed E-state index contributed by atoms with van der Waals surface area (Å²) in [5.41, 5.74) is 2.01. The second-order valence-corrected chi connectivity index (χ2v) is 12.2. The van der Waals surface area contributed by atoms with E-state index < -0.39 is 0 Å². The Bertz CT molecular complexity index is 581. The van der Waals surface area contributed by atoms with E-state index in [1.54, 1.807) is 6.07 Å². The minimum Gasteiger partial charge on any atom is -0.396 e. The maximum absolute atomic E-state index is 13.0. The van der Waals surface area contributed by atoms with Crippen molar-refractivity contribution in [2.75, 3.05) is 25.4 Å². The predicted octanol–water partition coefficient (Wildman–Crippen LogP) is 4.71. The van der Waals surface area contributed by atoms with Crippen LogP contribution in [0.5, 0.6) is 0 Å². The predicted molar refractivity (Wildman–Crippen MR) is 98.8 cm³/mol. The summed E-state index contributed by atoms with van der Waals surface area (Å²) < 4.78 is 13.5. The van der Waals surface area contributed by atoms with Gasteiger partial charge in [0.15, 0.2) is 0 Å². The summed E-state index contributed by atoms with van der Waals surface area (Å²) in [5.74, 6) is -0.220. The molecule has 0 radical (unpaired) electrons. The van der Waals surface area contributed by atoms with Gasteiger partial charge in [0.1, 0.15) is 5.82 Å². The standard InChI is InChI=1S/C11H12FNO.C7H18S/c12-9-3-4-11-10(6-9)8(7-13-11)2-1-5-14;1-7(2,3)8(4,5)6/h3-4,6-7,13-14H,1-2,5H2;1-6H3. The molecule has 0 unspecified atom stereocenters. The van der Waals surface area contributed by atoms with Crippen LogP contribution in [-0.2, 0) is 6.42 Å². The first-order valence-corrected chi connectivity index (χ1v) is 10.5.